The van der Waals surface area contributed by atoms with Crippen LogP contribution in [0.25, 0.3) is 0 Å². The molecule has 1 N–H and O–H groups in total. The van der Waals surface area contributed by atoms with Crippen LogP contribution < -0.4 is 5.32 Å². The van der Waals surface area contributed by atoms with E-state index in [-0.39, 0.29) is 18.4 Å². The van der Waals surface area contributed by atoms with Crippen LogP contribution >= 0.6 is 11.8 Å². The molecule has 0 aliphatic carbocycles. The van der Waals surface area contributed by atoms with Crippen molar-refractivity contribution in [1.29, 1.82) is 0 Å². The maximum Gasteiger partial charge on any atom is 0.407 e. The predicted molar refractivity (Wildman–Crippen MR) is 93.6 cm³/mol. The van der Waals surface area contributed by atoms with E-state index >= 15 is 0 Å². The Kier molecular flexibility index (Phi) is 7.42. The van der Waals surface area contributed by atoms with Crippen LogP contribution in [0.15, 0.2) is 35.2 Å². The van der Waals surface area contributed by atoms with E-state index < -0.39 is 11.7 Å². The number of thioether (sulfide) groups is 1. The topological polar surface area (TPSA) is 58.6 Å². The summed E-state index contributed by atoms with van der Waals surface area (Å²) in [6.45, 7) is 5.43. The SMILES string of the molecule is CN(C)C(=O)C[C@H](CSc1ccccc1)NC(=O)OC(C)(C)C. The quantitative estimate of drug-likeness (QED) is 0.810. The van der Waals surface area contributed by atoms with Crippen molar-refractivity contribution in [2.75, 3.05) is 19.8 Å². The number of hydrogen-bond donors (Lipinski definition) is 1. The number of nitrogens with zero attached hydrogens (tertiary/aromatic N) is 1. The van der Waals surface area contributed by atoms with Gasteiger partial charge in [0.25, 0.3) is 0 Å². The van der Waals surface area contributed by atoms with E-state index in [2.05, 4.69) is 5.32 Å². The second-order valence-corrected chi connectivity index (χ2v) is 7.55. The molecular weight excluding hydrogens is 312 g/mol. The van der Waals surface area contributed by atoms with Gasteiger partial charge in [-0.05, 0) is 32.9 Å². The fourth-order valence-corrected chi connectivity index (χ4v) is 2.68. The van der Waals surface area contributed by atoms with Crippen LogP contribution in [-0.4, -0.2) is 48.4 Å². The molecule has 2 amide bonds. The van der Waals surface area contributed by atoms with Crippen LogP contribution in [0.2, 0.25) is 0 Å². The minimum atomic E-state index is -0.563. The Morgan fingerprint density at radius 2 is 1.83 bits per heavy atom. The molecule has 0 saturated carbocycles. The fraction of sp³-hybridized carbons (Fsp3) is 0.529. The average Bonchev–Trinajstić information content (AvgIpc) is 2.43. The normalized spacial score (nSPS) is 12.4. The lowest BCUT2D eigenvalue weighted by Crippen LogP contribution is -2.43. The van der Waals surface area contributed by atoms with Crippen molar-refractivity contribution in [3.8, 4) is 0 Å². The van der Waals surface area contributed by atoms with E-state index in [4.69, 9.17) is 4.74 Å². The first-order chi connectivity index (χ1) is 10.7. The van der Waals surface area contributed by atoms with Crippen molar-refractivity contribution >= 4 is 23.8 Å². The van der Waals surface area contributed by atoms with Crippen molar-refractivity contribution in [2.45, 2.75) is 43.7 Å². The van der Waals surface area contributed by atoms with Crippen molar-refractivity contribution in [3.63, 3.8) is 0 Å². The number of carbonyl (C=O) groups excluding carboxylic acids is 2. The van der Waals surface area contributed by atoms with Crippen LogP contribution in [0, 0.1) is 0 Å². The zero-order chi connectivity index (χ0) is 17.5. The van der Waals surface area contributed by atoms with Gasteiger partial charge < -0.3 is 15.0 Å². The molecule has 128 valence electrons. The number of benzene rings is 1. The third kappa shape index (κ3) is 8.50. The van der Waals surface area contributed by atoms with E-state index in [1.807, 2.05) is 51.1 Å². The highest BCUT2D eigenvalue weighted by molar-refractivity contribution is 7.99. The molecule has 1 aromatic rings. The molecule has 1 aromatic carbocycles. The van der Waals surface area contributed by atoms with Gasteiger partial charge in [0.1, 0.15) is 5.60 Å². The Bertz CT molecular complexity index is 512. The third-order valence-electron chi connectivity index (χ3n) is 2.84. The Balaban J connectivity index is 2.64. The molecular formula is C17H26N2O3S. The van der Waals surface area contributed by atoms with Crippen LogP contribution in [0.3, 0.4) is 0 Å². The molecule has 6 heteroatoms. The van der Waals surface area contributed by atoms with E-state index in [0.717, 1.165) is 4.90 Å². The number of alkyl carbamates (subject to hydrolysis) is 1. The third-order valence-corrected chi connectivity index (χ3v) is 4.01. The zero-order valence-corrected chi connectivity index (χ0v) is 15.3. The predicted octanol–water partition coefficient (Wildman–Crippen LogP) is 3.15. The van der Waals surface area contributed by atoms with Gasteiger partial charge in [-0.15, -0.1) is 11.8 Å². The second kappa shape index (κ2) is 8.82. The van der Waals surface area contributed by atoms with Crippen molar-refractivity contribution in [3.05, 3.63) is 30.3 Å². The van der Waals surface area contributed by atoms with E-state index in [9.17, 15) is 9.59 Å². The number of carbonyl (C=O) groups is 2. The summed E-state index contributed by atoms with van der Waals surface area (Å²) >= 11 is 1.60. The molecule has 0 heterocycles. The summed E-state index contributed by atoms with van der Waals surface area (Å²) in [5.74, 6) is 0.572. The lowest BCUT2D eigenvalue weighted by Gasteiger charge is -2.24. The average molecular weight is 338 g/mol. The summed E-state index contributed by atoms with van der Waals surface area (Å²) in [6, 6.07) is 9.60. The van der Waals surface area contributed by atoms with E-state index in [1.165, 1.54) is 4.90 Å². The highest BCUT2D eigenvalue weighted by Gasteiger charge is 2.22. The first kappa shape index (κ1) is 19.4. The maximum atomic E-state index is 12.0. The van der Waals surface area contributed by atoms with Gasteiger partial charge >= 0.3 is 6.09 Å². The lowest BCUT2D eigenvalue weighted by molar-refractivity contribution is -0.129. The van der Waals surface area contributed by atoms with Crippen LogP contribution in [0.5, 0.6) is 0 Å². The zero-order valence-electron chi connectivity index (χ0n) is 14.5. The van der Waals surface area contributed by atoms with Crippen molar-refractivity contribution < 1.29 is 14.3 Å². The molecule has 23 heavy (non-hydrogen) atoms. The van der Waals surface area contributed by atoms with Gasteiger partial charge in [-0.1, -0.05) is 18.2 Å². The van der Waals surface area contributed by atoms with Crippen LogP contribution in [0.1, 0.15) is 27.2 Å². The first-order valence-electron chi connectivity index (χ1n) is 7.55. The Morgan fingerprint density at radius 3 is 2.35 bits per heavy atom. The number of rotatable bonds is 6. The molecule has 0 aromatic heterocycles. The van der Waals surface area contributed by atoms with Crippen LogP contribution in [0.4, 0.5) is 4.79 Å². The number of nitrogens with one attached hydrogen (secondary N) is 1. The standard InChI is InChI=1S/C17H26N2O3S/c1-17(2,3)22-16(21)18-13(11-15(20)19(4)5)12-23-14-9-7-6-8-10-14/h6-10,13H,11-12H2,1-5H3,(H,18,21)/t13-/m1/s1. The van der Waals surface area contributed by atoms with E-state index in [1.54, 1.807) is 25.9 Å². The highest BCUT2D eigenvalue weighted by atomic mass is 32.2. The molecule has 0 aliphatic rings. The molecule has 5 nitrogen and oxygen atoms in total. The summed E-state index contributed by atoms with van der Waals surface area (Å²) in [5.41, 5.74) is -0.563. The van der Waals surface area contributed by atoms with Gasteiger partial charge in [-0.3, -0.25) is 4.79 Å². The first-order valence-corrected chi connectivity index (χ1v) is 8.53. The monoisotopic (exact) mass is 338 g/mol. The second-order valence-electron chi connectivity index (χ2n) is 6.46. The summed E-state index contributed by atoms with van der Waals surface area (Å²) in [6.07, 6.45) is -0.255. The molecule has 0 saturated heterocycles. The van der Waals surface area contributed by atoms with Crippen LogP contribution in [-0.2, 0) is 9.53 Å². The summed E-state index contributed by atoms with van der Waals surface area (Å²) in [5, 5.41) is 2.80. The summed E-state index contributed by atoms with van der Waals surface area (Å²) in [7, 11) is 3.41. The largest absolute Gasteiger partial charge is 0.444 e. The van der Waals surface area contributed by atoms with Gasteiger partial charge in [0.2, 0.25) is 5.91 Å². The maximum absolute atomic E-state index is 12.0. The number of ether oxygens (including phenoxy) is 1. The van der Waals surface area contributed by atoms with Gasteiger partial charge in [-0.2, -0.15) is 0 Å². The summed E-state index contributed by atoms with van der Waals surface area (Å²) < 4.78 is 5.28. The lowest BCUT2D eigenvalue weighted by atomic mass is 10.2. The van der Waals surface area contributed by atoms with E-state index in [0.29, 0.717) is 5.75 Å². The molecule has 0 fully saturated rings. The van der Waals surface area contributed by atoms with Crippen molar-refractivity contribution in [2.24, 2.45) is 0 Å². The van der Waals surface area contributed by atoms with Crippen molar-refractivity contribution in [1.82, 2.24) is 10.2 Å². The van der Waals surface area contributed by atoms with Gasteiger partial charge in [0.15, 0.2) is 0 Å². The van der Waals surface area contributed by atoms with Gasteiger partial charge in [0.05, 0.1) is 6.04 Å². The molecule has 1 atom stereocenters. The molecule has 0 spiro atoms. The Labute approximate surface area is 142 Å². The fourth-order valence-electron chi connectivity index (χ4n) is 1.73. The molecule has 0 unspecified atom stereocenters. The van der Waals surface area contributed by atoms with Gasteiger partial charge in [0, 0.05) is 31.2 Å². The summed E-state index contributed by atoms with van der Waals surface area (Å²) in [4.78, 5) is 26.5. The minimum absolute atomic E-state index is 0.0280. The molecule has 0 bridgehead atoms. The number of hydrogen-bond acceptors (Lipinski definition) is 4. The Morgan fingerprint density at radius 1 is 1.22 bits per heavy atom. The Hall–Kier alpha value is -1.69. The molecule has 0 aliphatic heterocycles. The highest BCUT2D eigenvalue weighted by Crippen LogP contribution is 2.19. The minimum Gasteiger partial charge on any atom is -0.444 e. The smallest absolute Gasteiger partial charge is 0.407 e. The molecule has 1 rings (SSSR count). The number of amides is 2. The van der Waals surface area contributed by atoms with Gasteiger partial charge in [-0.25, -0.2) is 4.79 Å². The molecule has 0 radical (unpaired) electrons.